The normalized spacial score (nSPS) is 11.7. The van der Waals surface area contributed by atoms with Gasteiger partial charge in [-0.25, -0.2) is 0 Å². The van der Waals surface area contributed by atoms with Crippen LogP contribution in [0.4, 0.5) is 0 Å². The molecule has 0 aliphatic rings. The molecule has 38 heavy (non-hydrogen) atoms. The summed E-state index contributed by atoms with van der Waals surface area (Å²) in [4.78, 5) is 5.09. The molecule has 2 heterocycles. The van der Waals surface area contributed by atoms with E-state index in [1.165, 1.54) is 43.1 Å². The lowest BCUT2D eigenvalue weighted by molar-refractivity contribution is 1.18. The second-order valence-electron chi connectivity index (χ2n) is 9.58. The predicted octanol–water partition coefficient (Wildman–Crippen LogP) is 5.56. The average molecular weight is 503 g/mol. The molecule has 0 aliphatic heterocycles. The topological polar surface area (TPSA) is 17.8 Å². The van der Waals surface area contributed by atoms with Gasteiger partial charge in [0, 0.05) is 28.0 Å². The standard InChI is InChI=1S/C35H26N2Si/c1-4-15-27(16-5-1)37-31-22-11-10-21-30(31)35-32(37)23-14-24-33(35)38(28-17-6-2-7-18-28,29-19-8-3-9-20-29)34-25-12-13-26-36-34/h1-26H. The van der Waals surface area contributed by atoms with Crippen molar-refractivity contribution in [3.8, 4) is 5.69 Å². The van der Waals surface area contributed by atoms with Crippen LogP contribution in [0.5, 0.6) is 0 Å². The molecule has 3 heteroatoms. The third-order valence-electron chi connectivity index (χ3n) is 7.58. The van der Waals surface area contributed by atoms with Crippen molar-refractivity contribution in [1.82, 2.24) is 9.55 Å². The molecule has 0 aliphatic carbocycles. The first-order chi connectivity index (χ1) is 18.9. The summed E-state index contributed by atoms with van der Waals surface area (Å²) in [6.45, 7) is 0. The van der Waals surface area contributed by atoms with Gasteiger partial charge in [-0.2, -0.15) is 0 Å². The third kappa shape index (κ3) is 3.36. The average Bonchev–Trinajstić information content (AvgIpc) is 3.35. The number of aromatic nitrogens is 2. The quantitative estimate of drug-likeness (QED) is 0.223. The van der Waals surface area contributed by atoms with Crippen molar-refractivity contribution in [3.05, 3.63) is 158 Å². The van der Waals surface area contributed by atoms with Gasteiger partial charge < -0.3 is 4.57 Å². The van der Waals surface area contributed by atoms with Crippen LogP contribution in [0.25, 0.3) is 27.5 Å². The van der Waals surface area contributed by atoms with Gasteiger partial charge in [-0.15, -0.1) is 0 Å². The van der Waals surface area contributed by atoms with Crippen LogP contribution in [0.2, 0.25) is 0 Å². The van der Waals surface area contributed by atoms with Gasteiger partial charge in [0.05, 0.1) is 11.0 Å². The Labute approximate surface area is 223 Å². The van der Waals surface area contributed by atoms with Crippen LogP contribution >= 0.6 is 0 Å². The van der Waals surface area contributed by atoms with E-state index in [-0.39, 0.29) is 0 Å². The molecule has 0 unspecified atom stereocenters. The fourth-order valence-corrected chi connectivity index (χ4v) is 10.9. The first kappa shape index (κ1) is 22.5. The van der Waals surface area contributed by atoms with E-state index in [0.29, 0.717) is 0 Å². The summed E-state index contributed by atoms with van der Waals surface area (Å²) in [5, 5.41) is 7.72. The van der Waals surface area contributed by atoms with Crippen LogP contribution in [0, 0.1) is 0 Å². The lowest BCUT2D eigenvalue weighted by Crippen LogP contribution is -2.75. The number of hydrogen-bond donors (Lipinski definition) is 0. The van der Waals surface area contributed by atoms with Gasteiger partial charge in [0.15, 0.2) is 0 Å². The lowest BCUT2D eigenvalue weighted by atomic mass is 10.1. The number of nitrogens with zero attached hydrogens (tertiary/aromatic N) is 2. The second kappa shape index (κ2) is 9.29. The number of hydrogen-bond acceptors (Lipinski definition) is 1. The summed E-state index contributed by atoms with van der Waals surface area (Å²) in [5.74, 6) is 0. The van der Waals surface area contributed by atoms with E-state index in [1.807, 2.05) is 12.3 Å². The van der Waals surface area contributed by atoms with Crippen molar-refractivity contribution < 1.29 is 0 Å². The Morgan fingerprint density at radius 1 is 0.474 bits per heavy atom. The van der Waals surface area contributed by atoms with E-state index in [0.717, 1.165) is 5.32 Å². The van der Waals surface area contributed by atoms with Crippen molar-refractivity contribution in [2.45, 2.75) is 0 Å². The summed E-state index contributed by atoms with van der Waals surface area (Å²) < 4.78 is 2.40. The van der Waals surface area contributed by atoms with Crippen molar-refractivity contribution in [2.24, 2.45) is 0 Å². The molecule has 7 rings (SSSR count). The molecule has 0 fully saturated rings. The van der Waals surface area contributed by atoms with Crippen LogP contribution in [0.15, 0.2) is 158 Å². The van der Waals surface area contributed by atoms with E-state index in [2.05, 4.69) is 150 Å². The SMILES string of the molecule is c1ccc(-n2c3ccccc3c3c([Si](c4ccccc4)(c4ccccc4)c4ccccn4)cccc32)cc1. The van der Waals surface area contributed by atoms with Crippen LogP contribution in [0.1, 0.15) is 0 Å². The molecule has 2 nitrogen and oxygen atoms in total. The number of para-hydroxylation sites is 2. The Balaban J connectivity index is 1.71. The van der Waals surface area contributed by atoms with E-state index < -0.39 is 8.07 Å². The minimum atomic E-state index is -2.79. The Morgan fingerprint density at radius 2 is 1.05 bits per heavy atom. The highest BCUT2D eigenvalue weighted by Gasteiger charge is 2.44. The molecule has 0 saturated heterocycles. The zero-order valence-corrected chi connectivity index (χ0v) is 21.9. The molecule has 5 aromatic carbocycles. The highest BCUT2D eigenvalue weighted by Crippen LogP contribution is 2.32. The maximum Gasteiger partial charge on any atom is 0.202 e. The molecule has 0 bridgehead atoms. The lowest BCUT2D eigenvalue weighted by Gasteiger charge is -2.33. The molecular weight excluding hydrogens is 476 g/mol. The predicted molar refractivity (Wildman–Crippen MR) is 162 cm³/mol. The van der Waals surface area contributed by atoms with Gasteiger partial charge in [-0.05, 0) is 52.0 Å². The molecule has 0 N–H and O–H groups in total. The molecule has 0 radical (unpaired) electrons. The summed E-state index contributed by atoms with van der Waals surface area (Å²) >= 11 is 0. The van der Waals surface area contributed by atoms with Crippen molar-refractivity contribution >= 4 is 50.8 Å². The van der Waals surface area contributed by atoms with Crippen LogP contribution in [-0.2, 0) is 0 Å². The summed E-state index contributed by atoms with van der Waals surface area (Å²) in [6, 6.07) is 54.7. The molecular formula is C35H26N2Si. The monoisotopic (exact) mass is 502 g/mol. The van der Waals surface area contributed by atoms with Crippen molar-refractivity contribution in [3.63, 3.8) is 0 Å². The van der Waals surface area contributed by atoms with Gasteiger partial charge in [0.25, 0.3) is 0 Å². The van der Waals surface area contributed by atoms with Gasteiger partial charge in [-0.3, -0.25) is 4.98 Å². The highest BCUT2D eigenvalue weighted by molar-refractivity contribution is 7.20. The van der Waals surface area contributed by atoms with Crippen molar-refractivity contribution in [2.75, 3.05) is 0 Å². The number of benzene rings is 5. The molecule has 0 atom stereocenters. The summed E-state index contributed by atoms with van der Waals surface area (Å²) in [7, 11) is -2.79. The Hall–Kier alpha value is -4.73. The van der Waals surface area contributed by atoms with Gasteiger partial charge >= 0.3 is 0 Å². The van der Waals surface area contributed by atoms with Gasteiger partial charge in [-0.1, -0.05) is 115 Å². The van der Waals surface area contributed by atoms with E-state index in [9.17, 15) is 0 Å². The fourth-order valence-electron chi connectivity index (χ4n) is 6.06. The van der Waals surface area contributed by atoms with Crippen LogP contribution in [0.3, 0.4) is 0 Å². The smallest absolute Gasteiger partial charge is 0.202 e. The third-order valence-corrected chi connectivity index (χ3v) is 12.3. The first-order valence-electron chi connectivity index (χ1n) is 13.0. The van der Waals surface area contributed by atoms with Crippen LogP contribution in [-0.4, -0.2) is 17.6 Å². The minimum absolute atomic E-state index is 1.14. The van der Waals surface area contributed by atoms with Crippen molar-refractivity contribution in [1.29, 1.82) is 0 Å². The second-order valence-corrected chi connectivity index (χ2v) is 13.3. The van der Waals surface area contributed by atoms with Gasteiger partial charge in [0.2, 0.25) is 8.07 Å². The number of rotatable bonds is 5. The Kier molecular flexibility index (Phi) is 5.49. The van der Waals surface area contributed by atoms with Gasteiger partial charge in [0.1, 0.15) is 0 Å². The maximum absolute atomic E-state index is 5.09. The summed E-state index contributed by atoms with van der Waals surface area (Å²) in [6.07, 6.45) is 1.94. The molecule has 0 saturated carbocycles. The summed E-state index contributed by atoms with van der Waals surface area (Å²) in [5.41, 5.74) is 3.60. The molecule has 7 aromatic rings. The van der Waals surface area contributed by atoms with E-state index in [1.54, 1.807) is 0 Å². The Morgan fingerprint density at radius 3 is 1.71 bits per heavy atom. The fraction of sp³-hybridized carbons (Fsp3) is 0. The maximum atomic E-state index is 5.09. The van der Waals surface area contributed by atoms with E-state index in [4.69, 9.17) is 4.98 Å². The molecule has 0 amide bonds. The number of fused-ring (bicyclic) bond motifs is 3. The molecule has 180 valence electrons. The largest absolute Gasteiger partial charge is 0.309 e. The molecule has 0 spiro atoms. The van der Waals surface area contributed by atoms with Crippen LogP contribution < -0.4 is 20.9 Å². The Bertz CT molecular complexity index is 1750. The highest BCUT2D eigenvalue weighted by atomic mass is 28.3. The zero-order chi connectivity index (χ0) is 25.4. The number of pyridine rings is 1. The van der Waals surface area contributed by atoms with E-state index >= 15 is 0 Å². The first-order valence-corrected chi connectivity index (χ1v) is 15.0. The molecule has 2 aromatic heterocycles. The zero-order valence-electron chi connectivity index (χ0n) is 20.9. The minimum Gasteiger partial charge on any atom is -0.309 e.